The average molecular weight is 287 g/mol. The number of phenols is 1. The third kappa shape index (κ3) is 2.28. The third-order valence-corrected chi connectivity index (χ3v) is 6.01. The molecule has 1 heterocycles. The van der Waals surface area contributed by atoms with Gasteiger partial charge in [-0.1, -0.05) is 32.8 Å². The second kappa shape index (κ2) is 5.64. The lowest BCUT2D eigenvalue weighted by atomic mass is 9.54. The van der Waals surface area contributed by atoms with Crippen LogP contribution in [-0.2, 0) is 11.8 Å². The Hall–Kier alpha value is -1.02. The molecule has 3 rings (SSSR count). The number of nitrogens with zero attached hydrogens (tertiary/aromatic N) is 1. The van der Waals surface area contributed by atoms with E-state index in [0.29, 0.717) is 17.2 Å². The van der Waals surface area contributed by atoms with Gasteiger partial charge in [-0.15, -0.1) is 0 Å². The van der Waals surface area contributed by atoms with E-state index in [1.54, 1.807) is 0 Å². The van der Waals surface area contributed by atoms with E-state index in [2.05, 4.69) is 37.9 Å². The van der Waals surface area contributed by atoms with Crippen LogP contribution in [0, 0.1) is 5.92 Å². The summed E-state index contributed by atoms with van der Waals surface area (Å²) in [5.41, 5.74) is 3.24. The minimum atomic E-state index is 0.300. The Morgan fingerprint density at radius 1 is 1.29 bits per heavy atom. The monoisotopic (exact) mass is 287 g/mol. The van der Waals surface area contributed by atoms with Crippen LogP contribution >= 0.6 is 0 Å². The molecule has 0 amide bonds. The highest BCUT2D eigenvalue weighted by Gasteiger charge is 2.51. The molecule has 2 heteroatoms. The van der Waals surface area contributed by atoms with E-state index in [0.717, 1.165) is 12.3 Å². The summed E-state index contributed by atoms with van der Waals surface area (Å²) in [6.45, 7) is 5.81. The number of fused-ring (bicyclic) bond motifs is 4. The Balaban J connectivity index is 2.14. The van der Waals surface area contributed by atoms with Crippen molar-refractivity contribution in [1.82, 2.24) is 4.90 Å². The highest BCUT2D eigenvalue weighted by atomic mass is 16.3. The van der Waals surface area contributed by atoms with Crippen LogP contribution < -0.4 is 0 Å². The molecular formula is C19H29NO. The summed E-state index contributed by atoms with van der Waals surface area (Å²) >= 11 is 0. The first kappa shape index (κ1) is 14.9. The third-order valence-electron chi connectivity index (χ3n) is 6.01. The number of benzene rings is 1. The fourth-order valence-corrected chi connectivity index (χ4v) is 5.14. The second-order valence-electron chi connectivity index (χ2n) is 7.14. The molecule has 2 aliphatic rings. The number of rotatable bonds is 4. The number of piperidine rings is 1. The van der Waals surface area contributed by atoms with Gasteiger partial charge in [0.15, 0.2) is 0 Å². The molecule has 116 valence electrons. The van der Waals surface area contributed by atoms with E-state index in [4.69, 9.17) is 0 Å². The van der Waals surface area contributed by atoms with Crippen LogP contribution in [0.15, 0.2) is 18.2 Å². The van der Waals surface area contributed by atoms with E-state index in [1.807, 2.05) is 6.07 Å². The van der Waals surface area contributed by atoms with E-state index in [9.17, 15) is 5.11 Å². The lowest BCUT2D eigenvalue weighted by Crippen LogP contribution is -2.58. The average Bonchev–Trinajstić information content (AvgIpc) is 2.46. The molecule has 1 aliphatic heterocycles. The van der Waals surface area contributed by atoms with Crippen LogP contribution in [0.2, 0.25) is 0 Å². The molecule has 1 aromatic rings. The zero-order valence-corrected chi connectivity index (χ0v) is 13.7. The Kier molecular flexibility index (Phi) is 4.00. The second-order valence-corrected chi connectivity index (χ2v) is 7.14. The summed E-state index contributed by atoms with van der Waals surface area (Å²) in [5, 5.41) is 10.0. The molecule has 0 radical (unpaired) electrons. The maximum atomic E-state index is 10.0. The van der Waals surface area contributed by atoms with Gasteiger partial charge in [0, 0.05) is 11.5 Å². The normalized spacial score (nSPS) is 32.0. The maximum absolute atomic E-state index is 10.0. The van der Waals surface area contributed by atoms with Crippen molar-refractivity contribution < 1.29 is 5.11 Å². The molecule has 21 heavy (non-hydrogen) atoms. The quantitative estimate of drug-likeness (QED) is 0.901. The smallest absolute Gasteiger partial charge is 0.115 e. The van der Waals surface area contributed by atoms with E-state index < -0.39 is 0 Å². The van der Waals surface area contributed by atoms with Crippen molar-refractivity contribution in [2.45, 2.75) is 63.8 Å². The van der Waals surface area contributed by atoms with Crippen LogP contribution in [0.25, 0.3) is 0 Å². The van der Waals surface area contributed by atoms with Gasteiger partial charge in [-0.25, -0.2) is 0 Å². The molecule has 0 saturated carbocycles. The van der Waals surface area contributed by atoms with Gasteiger partial charge in [0.1, 0.15) is 5.75 Å². The van der Waals surface area contributed by atoms with Gasteiger partial charge in [0.05, 0.1) is 0 Å². The van der Waals surface area contributed by atoms with Crippen molar-refractivity contribution in [2.24, 2.45) is 5.92 Å². The Labute approximate surface area is 129 Å². The van der Waals surface area contributed by atoms with E-state index in [-0.39, 0.29) is 0 Å². The van der Waals surface area contributed by atoms with Crippen LogP contribution in [0.4, 0.5) is 0 Å². The molecule has 0 unspecified atom stereocenters. The molecule has 1 saturated heterocycles. The number of hydrogen-bond acceptors (Lipinski definition) is 2. The Bertz CT molecular complexity index is 512. The largest absolute Gasteiger partial charge is 0.508 e. The van der Waals surface area contributed by atoms with Gasteiger partial charge in [0.25, 0.3) is 0 Å². The van der Waals surface area contributed by atoms with Crippen molar-refractivity contribution in [3.8, 4) is 5.75 Å². The molecule has 1 fully saturated rings. The predicted octanol–water partition coefficient (Wildman–Crippen LogP) is 4.11. The molecule has 0 aromatic heterocycles. The zero-order valence-electron chi connectivity index (χ0n) is 13.7. The molecule has 1 aliphatic carbocycles. The first-order valence-corrected chi connectivity index (χ1v) is 8.65. The first-order chi connectivity index (χ1) is 10.1. The van der Waals surface area contributed by atoms with Gasteiger partial charge >= 0.3 is 0 Å². The number of aromatic hydroxyl groups is 1. The van der Waals surface area contributed by atoms with Gasteiger partial charge in [-0.05, 0) is 68.5 Å². The van der Waals surface area contributed by atoms with Crippen molar-refractivity contribution >= 4 is 0 Å². The summed E-state index contributed by atoms with van der Waals surface area (Å²) in [5.74, 6) is 1.19. The topological polar surface area (TPSA) is 23.5 Å². The fraction of sp³-hybridized carbons (Fsp3) is 0.684. The number of hydrogen-bond donors (Lipinski definition) is 1. The van der Waals surface area contributed by atoms with Crippen LogP contribution in [0.1, 0.15) is 57.1 Å². The predicted molar refractivity (Wildman–Crippen MR) is 87.8 cm³/mol. The van der Waals surface area contributed by atoms with Crippen molar-refractivity contribution in [1.29, 1.82) is 0 Å². The Morgan fingerprint density at radius 3 is 2.81 bits per heavy atom. The number of likely N-dealkylation sites (N-methyl/N-ethyl adjacent to an activating group) is 1. The molecule has 2 bridgehead atoms. The minimum Gasteiger partial charge on any atom is -0.508 e. The van der Waals surface area contributed by atoms with E-state index >= 15 is 0 Å². The molecule has 1 aromatic carbocycles. The van der Waals surface area contributed by atoms with Crippen LogP contribution in [0.5, 0.6) is 5.75 Å². The standard InChI is InChI=1S/C19H29NO/c1-4-6-16-18-12-14-7-8-15(21)13-17(14)19(16,9-5-2)10-11-20(18)3/h7-8,13,16,18,21H,4-6,9-12H2,1-3H3/t16-,18-,19+/m1/s1. The molecular weight excluding hydrogens is 258 g/mol. The van der Waals surface area contributed by atoms with Gasteiger partial charge in [0.2, 0.25) is 0 Å². The van der Waals surface area contributed by atoms with Crippen molar-refractivity contribution in [3.05, 3.63) is 29.3 Å². The Morgan fingerprint density at radius 2 is 2.10 bits per heavy atom. The SMILES string of the molecule is CCC[C@@H]1[C@H]2Cc3ccc(O)cc3[C@@]1(CCC)CCN2C. The summed E-state index contributed by atoms with van der Waals surface area (Å²) in [6.07, 6.45) is 7.46. The summed E-state index contributed by atoms with van der Waals surface area (Å²) in [7, 11) is 2.30. The maximum Gasteiger partial charge on any atom is 0.115 e. The number of likely N-dealkylation sites (tertiary alicyclic amines) is 1. The van der Waals surface area contributed by atoms with Gasteiger partial charge < -0.3 is 10.0 Å². The van der Waals surface area contributed by atoms with Gasteiger partial charge in [-0.2, -0.15) is 0 Å². The van der Waals surface area contributed by atoms with E-state index in [1.165, 1.54) is 49.8 Å². The minimum absolute atomic E-state index is 0.300. The molecule has 2 nitrogen and oxygen atoms in total. The number of phenolic OH excluding ortho intramolecular Hbond substituents is 1. The first-order valence-electron chi connectivity index (χ1n) is 8.65. The summed E-state index contributed by atoms with van der Waals surface area (Å²) < 4.78 is 0. The molecule has 1 N–H and O–H groups in total. The molecule has 0 spiro atoms. The van der Waals surface area contributed by atoms with Crippen molar-refractivity contribution in [3.63, 3.8) is 0 Å². The lowest BCUT2D eigenvalue weighted by molar-refractivity contribution is 0.0197. The lowest BCUT2D eigenvalue weighted by Gasteiger charge is -2.56. The zero-order chi connectivity index (χ0) is 15.0. The fourth-order valence-electron chi connectivity index (χ4n) is 5.14. The molecule has 3 atom stereocenters. The van der Waals surface area contributed by atoms with Crippen LogP contribution in [0.3, 0.4) is 0 Å². The van der Waals surface area contributed by atoms with Crippen LogP contribution in [-0.4, -0.2) is 29.6 Å². The highest BCUT2D eigenvalue weighted by Crippen LogP contribution is 2.53. The highest BCUT2D eigenvalue weighted by molar-refractivity contribution is 5.44. The summed E-state index contributed by atoms with van der Waals surface area (Å²) in [4.78, 5) is 2.59. The van der Waals surface area contributed by atoms with Gasteiger partial charge in [-0.3, -0.25) is 0 Å². The summed E-state index contributed by atoms with van der Waals surface area (Å²) in [6, 6.07) is 6.80. The van der Waals surface area contributed by atoms with Crippen molar-refractivity contribution in [2.75, 3.05) is 13.6 Å².